The summed E-state index contributed by atoms with van der Waals surface area (Å²) >= 11 is 1.77. The predicted molar refractivity (Wildman–Crippen MR) is 129 cm³/mol. The molecule has 166 valence electrons. The Morgan fingerprint density at radius 3 is 2.59 bits per heavy atom. The van der Waals surface area contributed by atoms with Crippen molar-refractivity contribution in [3.05, 3.63) is 68.3 Å². The van der Waals surface area contributed by atoms with Gasteiger partial charge in [-0.3, -0.25) is 4.57 Å². The van der Waals surface area contributed by atoms with Crippen LogP contribution in [0.5, 0.6) is 0 Å². The van der Waals surface area contributed by atoms with Crippen molar-refractivity contribution in [3.63, 3.8) is 0 Å². The number of thiophene rings is 1. The van der Waals surface area contributed by atoms with E-state index in [1.807, 2.05) is 48.7 Å². The first-order valence-electron chi connectivity index (χ1n) is 11.3. The van der Waals surface area contributed by atoms with Gasteiger partial charge in [0.2, 0.25) is 0 Å². The molecule has 0 aliphatic heterocycles. The van der Waals surface area contributed by atoms with E-state index < -0.39 is 0 Å². The predicted octanol–water partition coefficient (Wildman–Crippen LogP) is 5.93. The summed E-state index contributed by atoms with van der Waals surface area (Å²) in [5.41, 5.74) is 5.02. The Labute approximate surface area is 192 Å². The van der Waals surface area contributed by atoms with E-state index in [1.165, 1.54) is 16.9 Å². The SMILES string of the molecule is Cc1noc(C)c1Cn1c(=O)nc(-c2ccccc2)c2c3c(sc21)CC(C(C)(C)C)CC3. The molecule has 0 bridgehead atoms. The lowest BCUT2D eigenvalue weighted by molar-refractivity contribution is 0.218. The van der Waals surface area contributed by atoms with E-state index in [-0.39, 0.29) is 11.1 Å². The third-order valence-corrected chi connectivity index (χ3v) is 8.21. The lowest BCUT2D eigenvalue weighted by Crippen LogP contribution is -2.26. The van der Waals surface area contributed by atoms with Gasteiger partial charge in [0.15, 0.2) is 0 Å². The zero-order chi connectivity index (χ0) is 22.6. The first-order valence-corrected chi connectivity index (χ1v) is 12.1. The van der Waals surface area contributed by atoms with E-state index in [2.05, 4.69) is 30.9 Å². The lowest BCUT2D eigenvalue weighted by atomic mass is 9.72. The van der Waals surface area contributed by atoms with Crippen molar-refractivity contribution >= 4 is 21.6 Å². The topological polar surface area (TPSA) is 60.9 Å². The van der Waals surface area contributed by atoms with Crippen molar-refractivity contribution in [1.29, 1.82) is 0 Å². The fraction of sp³-hybridized carbons (Fsp3) is 0.423. The Morgan fingerprint density at radius 2 is 1.94 bits per heavy atom. The number of fused-ring (bicyclic) bond motifs is 3. The van der Waals surface area contributed by atoms with Gasteiger partial charge in [-0.2, -0.15) is 4.98 Å². The van der Waals surface area contributed by atoms with Gasteiger partial charge in [0.05, 0.1) is 17.9 Å². The van der Waals surface area contributed by atoms with E-state index >= 15 is 0 Å². The van der Waals surface area contributed by atoms with E-state index in [0.29, 0.717) is 12.5 Å². The number of hydrogen-bond acceptors (Lipinski definition) is 5. The largest absolute Gasteiger partial charge is 0.361 e. The van der Waals surface area contributed by atoms with Crippen LogP contribution in [0.15, 0.2) is 39.6 Å². The molecule has 4 aromatic rings. The Kier molecular flexibility index (Phi) is 5.08. The summed E-state index contributed by atoms with van der Waals surface area (Å²) in [5.74, 6) is 1.39. The molecule has 0 radical (unpaired) electrons. The molecule has 5 rings (SSSR count). The highest BCUT2D eigenvalue weighted by Crippen LogP contribution is 2.45. The van der Waals surface area contributed by atoms with Crippen LogP contribution in [0.25, 0.3) is 21.5 Å². The van der Waals surface area contributed by atoms with Gasteiger partial charge in [0, 0.05) is 21.4 Å². The van der Waals surface area contributed by atoms with Crippen LogP contribution >= 0.6 is 11.3 Å². The van der Waals surface area contributed by atoms with Gasteiger partial charge in [0.1, 0.15) is 10.6 Å². The molecule has 1 atom stereocenters. The van der Waals surface area contributed by atoms with E-state index in [9.17, 15) is 4.79 Å². The smallest absolute Gasteiger partial charge is 0.349 e. The number of rotatable bonds is 3. The average molecular weight is 448 g/mol. The monoisotopic (exact) mass is 447 g/mol. The number of aryl methyl sites for hydroxylation is 3. The van der Waals surface area contributed by atoms with Gasteiger partial charge < -0.3 is 4.52 Å². The summed E-state index contributed by atoms with van der Waals surface area (Å²) in [6, 6.07) is 10.1. The third-order valence-electron chi connectivity index (χ3n) is 6.94. The van der Waals surface area contributed by atoms with Crippen LogP contribution in [0.2, 0.25) is 0 Å². The minimum atomic E-state index is -0.220. The first-order chi connectivity index (χ1) is 15.2. The lowest BCUT2D eigenvalue weighted by Gasteiger charge is -2.33. The molecule has 0 spiro atoms. The molecule has 1 aliphatic rings. The second-order valence-corrected chi connectivity index (χ2v) is 11.1. The fourth-order valence-electron chi connectivity index (χ4n) is 4.87. The maximum atomic E-state index is 13.3. The van der Waals surface area contributed by atoms with Crippen molar-refractivity contribution in [3.8, 4) is 11.3 Å². The van der Waals surface area contributed by atoms with Gasteiger partial charge >= 0.3 is 5.69 Å². The van der Waals surface area contributed by atoms with Crippen molar-refractivity contribution in [2.75, 3.05) is 0 Å². The molecule has 32 heavy (non-hydrogen) atoms. The number of nitrogens with zero attached hydrogens (tertiary/aromatic N) is 3. The molecule has 0 fully saturated rings. The van der Waals surface area contributed by atoms with E-state index in [0.717, 1.165) is 51.3 Å². The standard InChI is InChI=1S/C26H29N3O2S/c1-15-20(16(2)31-28-15)14-29-24-22(23(27-25(29)30)17-9-7-6-8-10-17)19-12-11-18(26(3,4)5)13-21(19)32-24/h6-10,18H,11-14H2,1-5H3. The van der Waals surface area contributed by atoms with Crippen LogP contribution in [0.1, 0.15) is 54.7 Å². The Bertz CT molecular complexity index is 1340. The molecular weight excluding hydrogens is 418 g/mol. The van der Waals surface area contributed by atoms with Gasteiger partial charge in [-0.15, -0.1) is 11.3 Å². The molecule has 1 unspecified atom stereocenters. The minimum Gasteiger partial charge on any atom is -0.361 e. The molecule has 3 aromatic heterocycles. The second-order valence-electron chi connectivity index (χ2n) is 9.99. The summed E-state index contributed by atoms with van der Waals surface area (Å²) in [5, 5.41) is 5.23. The van der Waals surface area contributed by atoms with Crippen LogP contribution < -0.4 is 5.69 Å². The number of benzene rings is 1. The highest BCUT2D eigenvalue weighted by molar-refractivity contribution is 7.19. The molecule has 1 aromatic carbocycles. The van der Waals surface area contributed by atoms with Gasteiger partial charge in [0.25, 0.3) is 0 Å². The average Bonchev–Trinajstić information content (AvgIpc) is 3.29. The van der Waals surface area contributed by atoms with Crippen LogP contribution in [-0.2, 0) is 19.4 Å². The molecule has 6 heteroatoms. The summed E-state index contributed by atoms with van der Waals surface area (Å²) in [4.78, 5) is 20.4. The maximum Gasteiger partial charge on any atom is 0.349 e. The molecule has 0 N–H and O–H groups in total. The van der Waals surface area contributed by atoms with Crippen LogP contribution in [-0.4, -0.2) is 14.7 Å². The summed E-state index contributed by atoms with van der Waals surface area (Å²) in [6.07, 6.45) is 3.26. The van der Waals surface area contributed by atoms with Crippen molar-refractivity contribution in [2.24, 2.45) is 11.3 Å². The molecule has 0 saturated carbocycles. The third kappa shape index (κ3) is 3.51. The van der Waals surface area contributed by atoms with Crippen LogP contribution in [0.3, 0.4) is 0 Å². The molecule has 5 nitrogen and oxygen atoms in total. The molecule has 0 saturated heterocycles. The van der Waals surface area contributed by atoms with E-state index in [4.69, 9.17) is 4.52 Å². The summed E-state index contributed by atoms with van der Waals surface area (Å²) < 4.78 is 7.19. The van der Waals surface area contributed by atoms with Gasteiger partial charge in [-0.1, -0.05) is 56.3 Å². The Morgan fingerprint density at radius 1 is 1.19 bits per heavy atom. The van der Waals surface area contributed by atoms with Crippen molar-refractivity contribution < 1.29 is 4.52 Å². The fourth-order valence-corrected chi connectivity index (χ4v) is 6.29. The van der Waals surface area contributed by atoms with Gasteiger partial charge in [-0.25, -0.2) is 4.79 Å². The quantitative estimate of drug-likeness (QED) is 0.391. The van der Waals surface area contributed by atoms with E-state index in [1.54, 1.807) is 11.3 Å². The number of hydrogen-bond donors (Lipinski definition) is 0. The van der Waals surface area contributed by atoms with Crippen molar-refractivity contribution in [2.45, 2.75) is 60.4 Å². The Hall–Kier alpha value is -2.73. The normalized spacial score (nSPS) is 16.5. The Balaban J connectivity index is 1.75. The minimum absolute atomic E-state index is 0.220. The van der Waals surface area contributed by atoms with Crippen LogP contribution in [0, 0.1) is 25.2 Å². The highest BCUT2D eigenvalue weighted by Gasteiger charge is 2.32. The van der Waals surface area contributed by atoms with Crippen LogP contribution in [0.4, 0.5) is 0 Å². The number of aromatic nitrogens is 3. The zero-order valence-electron chi connectivity index (χ0n) is 19.4. The summed E-state index contributed by atoms with van der Waals surface area (Å²) in [6.45, 7) is 11.3. The molecular formula is C26H29N3O2S. The zero-order valence-corrected chi connectivity index (χ0v) is 20.2. The molecule has 1 aliphatic carbocycles. The molecule has 0 amide bonds. The summed E-state index contributed by atoms with van der Waals surface area (Å²) in [7, 11) is 0. The molecule has 3 heterocycles. The highest BCUT2D eigenvalue weighted by atomic mass is 32.1. The maximum absolute atomic E-state index is 13.3. The first kappa shape index (κ1) is 21.1. The van der Waals surface area contributed by atoms with Gasteiger partial charge in [-0.05, 0) is 50.0 Å². The second kappa shape index (κ2) is 7.69. The van der Waals surface area contributed by atoms with Crippen molar-refractivity contribution in [1.82, 2.24) is 14.7 Å².